The maximum atomic E-state index is 11.1. The van der Waals surface area contributed by atoms with Crippen molar-refractivity contribution in [3.63, 3.8) is 0 Å². The van der Waals surface area contributed by atoms with E-state index >= 15 is 0 Å². The molecule has 0 amide bonds. The number of benzene rings is 2. The van der Waals surface area contributed by atoms with Gasteiger partial charge in [0.25, 0.3) is 0 Å². The van der Waals surface area contributed by atoms with E-state index in [1.54, 1.807) is 7.11 Å². The number of hydrogen-bond donors (Lipinski definition) is 2. The van der Waals surface area contributed by atoms with Crippen molar-refractivity contribution >= 4 is 0 Å². The Hall–Kier alpha value is -2.77. The number of rotatable bonds is 3. The van der Waals surface area contributed by atoms with Crippen molar-refractivity contribution in [2.75, 3.05) is 7.11 Å². The topological polar surface area (TPSA) is 79.3 Å². The van der Waals surface area contributed by atoms with E-state index in [9.17, 15) is 10.4 Å². The molecule has 1 aliphatic carbocycles. The molecular weight excluding hydrogens is 288 g/mol. The average molecular weight is 306 g/mol. The van der Waals surface area contributed by atoms with Crippen molar-refractivity contribution in [1.82, 2.24) is 0 Å². The first-order valence-corrected chi connectivity index (χ1v) is 7.42. The summed E-state index contributed by atoms with van der Waals surface area (Å²) in [5.74, 6) is 0.525. The van der Waals surface area contributed by atoms with Gasteiger partial charge in [-0.15, -0.1) is 0 Å². The van der Waals surface area contributed by atoms with Crippen LogP contribution in [0.25, 0.3) is 0 Å². The third-order valence-corrected chi connectivity index (χ3v) is 4.47. The Labute approximate surface area is 135 Å². The molecule has 0 heterocycles. The minimum absolute atomic E-state index is 0.226. The van der Waals surface area contributed by atoms with Crippen LogP contribution in [-0.4, -0.2) is 12.2 Å². The van der Waals surface area contributed by atoms with Crippen LogP contribution in [0.15, 0.2) is 65.9 Å². The molecule has 0 aromatic heterocycles. The third-order valence-electron chi connectivity index (χ3n) is 4.47. The molecule has 4 heteroatoms. The molecule has 0 saturated carbocycles. The lowest BCUT2D eigenvalue weighted by atomic mass is 9.86. The lowest BCUT2D eigenvalue weighted by Gasteiger charge is -2.25. The van der Waals surface area contributed by atoms with E-state index < -0.39 is 5.60 Å². The number of nitrogens with two attached hydrogens (primary N) is 1. The van der Waals surface area contributed by atoms with Crippen LogP contribution in [0.4, 0.5) is 0 Å². The highest BCUT2D eigenvalue weighted by atomic mass is 16.5. The van der Waals surface area contributed by atoms with Crippen LogP contribution in [0.1, 0.15) is 23.5 Å². The van der Waals surface area contributed by atoms with E-state index in [1.165, 1.54) is 0 Å². The highest BCUT2D eigenvalue weighted by molar-refractivity contribution is 5.51. The van der Waals surface area contributed by atoms with Gasteiger partial charge in [0.05, 0.1) is 24.4 Å². The summed E-state index contributed by atoms with van der Waals surface area (Å²) in [6.07, 6.45) is 0.359. The molecule has 3 rings (SSSR count). The Kier molecular flexibility index (Phi) is 3.81. The largest absolute Gasteiger partial charge is 0.497 e. The Morgan fingerprint density at radius 2 is 1.83 bits per heavy atom. The summed E-state index contributed by atoms with van der Waals surface area (Å²) >= 11 is 0. The van der Waals surface area contributed by atoms with Crippen molar-refractivity contribution in [3.05, 3.63) is 77.0 Å². The van der Waals surface area contributed by atoms with Gasteiger partial charge in [-0.2, -0.15) is 5.26 Å². The van der Waals surface area contributed by atoms with Gasteiger partial charge in [-0.25, -0.2) is 0 Å². The molecule has 2 aromatic carbocycles. The molecule has 0 bridgehead atoms. The average Bonchev–Trinajstić information content (AvgIpc) is 2.88. The van der Waals surface area contributed by atoms with E-state index in [1.807, 2.05) is 54.6 Å². The third kappa shape index (κ3) is 2.45. The minimum Gasteiger partial charge on any atom is -0.497 e. The number of aliphatic hydroxyl groups is 1. The first-order valence-electron chi connectivity index (χ1n) is 7.42. The molecule has 0 saturated heterocycles. The van der Waals surface area contributed by atoms with E-state index in [0.29, 0.717) is 17.6 Å². The summed E-state index contributed by atoms with van der Waals surface area (Å²) in [6.45, 7) is 0. The maximum absolute atomic E-state index is 11.1. The molecule has 1 aliphatic rings. The zero-order valence-electron chi connectivity index (χ0n) is 12.9. The molecule has 0 fully saturated rings. The summed E-state index contributed by atoms with van der Waals surface area (Å²) in [4.78, 5) is 0. The molecule has 0 aliphatic heterocycles. The van der Waals surface area contributed by atoms with E-state index in [-0.39, 0.29) is 11.6 Å². The van der Waals surface area contributed by atoms with Gasteiger partial charge in [0.1, 0.15) is 11.4 Å². The lowest BCUT2D eigenvalue weighted by molar-refractivity contribution is 0.0724. The number of methoxy groups -OCH3 is 1. The first-order chi connectivity index (χ1) is 11.1. The molecule has 2 aromatic rings. The van der Waals surface area contributed by atoms with Crippen molar-refractivity contribution in [2.24, 2.45) is 5.73 Å². The number of hydrogen-bond acceptors (Lipinski definition) is 4. The monoisotopic (exact) mass is 306 g/mol. The van der Waals surface area contributed by atoms with Crippen molar-refractivity contribution in [1.29, 1.82) is 5.26 Å². The van der Waals surface area contributed by atoms with Crippen molar-refractivity contribution in [2.45, 2.75) is 17.9 Å². The number of ether oxygens (including phenoxy) is 1. The Bertz CT molecular complexity index is 775. The molecule has 116 valence electrons. The first kappa shape index (κ1) is 15.1. The summed E-state index contributed by atoms with van der Waals surface area (Å²) in [6, 6.07) is 18.9. The predicted molar refractivity (Wildman–Crippen MR) is 87.5 cm³/mol. The Morgan fingerprint density at radius 3 is 2.39 bits per heavy atom. The second-order valence-electron chi connectivity index (χ2n) is 5.70. The van der Waals surface area contributed by atoms with Gasteiger partial charge in [0, 0.05) is 5.92 Å². The fourth-order valence-corrected chi connectivity index (χ4v) is 3.16. The van der Waals surface area contributed by atoms with Crippen LogP contribution in [0.3, 0.4) is 0 Å². The summed E-state index contributed by atoms with van der Waals surface area (Å²) < 4.78 is 5.17. The second kappa shape index (κ2) is 5.79. The van der Waals surface area contributed by atoms with E-state index in [4.69, 9.17) is 10.5 Å². The molecule has 0 radical (unpaired) electrons. The maximum Gasteiger partial charge on any atom is 0.131 e. The van der Waals surface area contributed by atoms with Crippen molar-refractivity contribution < 1.29 is 9.84 Å². The van der Waals surface area contributed by atoms with Crippen molar-refractivity contribution in [3.8, 4) is 11.8 Å². The van der Waals surface area contributed by atoms with Gasteiger partial charge in [0.2, 0.25) is 0 Å². The van der Waals surface area contributed by atoms with Crippen LogP contribution < -0.4 is 10.5 Å². The number of nitrogens with zero attached hydrogens (tertiary/aromatic N) is 1. The van der Waals surface area contributed by atoms with Gasteiger partial charge < -0.3 is 15.6 Å². The normalized spacial score (nSPS) is 23.6. The molecule has 4 nitrogen and oxygen atoms in total. The predicted octanol–water partition coefficient (Wildman–Crippen LogP) is 2.81. The van der Waals surface area contributed by atoms with Crippen LogP contribution in [0.2, 0.25) is 0 Å². The number of nitriles is 1. The van der Waals surface area contributed by atoms with E-state index in [0.717, 1.165) is 11.3 Å². The zero-order chi connectivity index (χ0) is 16.4. The SMILES string of the molecule is COc1ccc([C@H]2C[C@@](O)(c3ccccc3)C(N)=C2C#N)cc1. The van der Waals surface area contributed by atoms with Crippen LogP contribution in [0.5, 0.6) is 5.75 Å². The molecule has 2 atom stereocenters. The molecular formula is C19H18N2O2. The smallest absolute Gasteiger partial charge is 0.131 e. The Balaban J connectivity index is 2.03. The molecule has 3 N–H and O–H groups in total. The van der Waals surface area contributed by atoms with Crippen LogP contribution in [0, 0.1) is 11.3 Å². The summed E-state index contributed by atoms with van der Waals surface area (Å²) in [5.41, 5.74) is 7.18. The van der Waals surface area contributed by atoms with E-state index in [2.05, 4.69) is 6.07 Å². The van der Waals surface area contributed by atoms with Gasteiger partial charge in [-0.05, 0) is 29.7 Å². The highest BCUT2D eigenvalue weighted by Gasteiger charge is 2.45. The van der Waals surface area contributed by atoms with Gasteiger partial charge in [0.15, 0.2) is 0 Å². The van der Waals surface area contributed by atoms with Crippen LogP contribution in [-0.2, 0) is 5.60 Å². The fourth-order valence-electron chi connectivity index (χ4n) is 3.16. The van der Waals surface area contributed by atoms with Crippen LogP contribution >= 0.6 is 0 Å². The van der Waals surface area contributed by atoms with Gasteiger partial charge >= 0.3 is 0 Å². The van der Waals surface area contributed by atoms with Gasteiger partial charge in [-0.1, -0.05) is 42.5 Å². The molecule has 0 unspecified atom stereocenters. The standard InChI is InChI=1S/C19H18N2O2/c1-23-15-9-7-13(8-10-15)16-11-19(22,18(21)17(16)12-20)14-5-3-2-4-6-14/h2-10,16,22H,11,21H2,1H3/t16-,19-/m1/s1. The molecule has 0 spiro atoms. The fraction of sp³-hybridized carbons (Fsp3) is 0.211. The quantitative estimate of drug-likeness (QED) is 0.914. The lowest BCUT2D eigenvalue weighted by Crippen LogP contribution is -2.29. The summed E-state index contributed by atoms with van der Waals surface area (Å²) in [5, 5.41) is 20.6. The second-order valence-corrected chi connectivity index (χ2v) is 5.70. The highest BCUT2D eigenvalue weighted by Crippen LogP contribution is 2.48. The zero-order valence-corrected chi connectivity index (χ0v) is 12.9. The van der Waals surface area contributed by atoms with Gasteiger partial charge in [-0.3, -0.25) is 0 Å². The number of allylic oxidation sites excluding steroid dienone is 1. The Morgan fingerprint density at radius 1 is 1.17 bits per heavy atom. The summed E-state index contributed by atoms with van der Waals surface area (Å²) in [7, 11) is 1.61. The molecule has 23 heavy (non-hydrogen) atoms. The minimum atomic E-state index is -1.31.